The number of carbonyl (C=O) groups excluding carboxylic acids is 1. The molecule has 1 aliphatic rings. The van der Waals surface area contributed by atoms with E-state index in [1.165, 1.54) is 0 Å². The van der Waals surface area contributed by atoms with Crippen LogP contribution in [0, 0.1) is 20.8 Å². The highest BCUT2D eigenvalue weighted by Crippen LogP contribution is 2.38. The van der Waals surface area contributed by atoms with E-state index in [0.29, 0.717) is 32.4 Å². The van der Waals surface area contributed by atoms with Crippen LogP contribution >= 0.6 is 11.6 Å². The summed E-state index contributed by atoms with van der Waals surface area (Å²) in [5, 5.41) is 14.3. The fourth-order valence-corrected chi connectivity index (χ4v) is 4.52. The minimum Gasteiger partial charge on any atom is -0.481 e. The number of benzene rings is 2. The fraction of sp³-hybridized carbons (Fsp3) is 0.259. The predicted octanol–water partition coefficient (Wildman–Crippen LogP) is 5.41. The lowest BCUT2D eigenvalue weighted by Crippen LogP contribution is -2.42. The third kappa shape index (κ3) is 5.17. The van der Waals surface area contributed by atoms with Gasteiger partial charge in [0.2, 0.25) is 0 Å². The molecule has 0 saturated carbocycles. The Hall–Kier alpha value is -3.85. The number of carboxylic acid groups (broad SMARTS) is 1. The van der Waals surface area contributed by atoms with E-state index in [0.717, 1.165) is 11.1 Å². The van der Waals surface area contributed by atoms with Gasteiger partial charge in [-0.2, -0.15) is 13.9 Å². The quantitative estimate of drug-likeness (QED) is 0.447. The number of hydrogen-bond donors (Lipinski definition) is 2. The first-order chi connectivity index (χ1) is 17.4. The Morgan fingerprint density at radius 2 is 1.70 bits per heavy atom. The van der Waals surface area contributed by atoms with Gasteiger partial charge >= 0.3 is 17.8 Å². The van der Waals surface area contributed by atoms with Crippen molar-refractivity contribution in [1.82, 2.24) is 9.99 Å². The molecule has 2 aromatic carbocycles. The topological polar surface area (TPSA) is 103 Å². The van der Waals surface area contributed by atoms with E-state index in [2.05, 4.69) is 10.1 Å². The van der Waals surface area contributed by atoms with Gasteiger partial charge in [-0.25, -0.2) is 5.01 Å². The van der Waals surface area contributed by atoms with E-state index in [9.17, 15) is 23.2 Å². The highest BCUT2D eigenvalue weighted by Gasteiger charge is 2.49. The van der Waals surface area contributed by atoms with Crippen molar-refractivity contribution < 1.29 is 23.5 Å². The van der Waals surface area contributed by atoms with Crippen molar-refractivity contribution in [2.45, 2.75) is 45.6 Å². The van der Waals surface area contributed by atoms with Crippen LogP contribution in [0.2, 0.25) is 5.02 Å². The molecule has 7 nitrogen and oxygen atoms in total. The van der Waals surface area contributed by atoms with Gasteiger partial charge in [0.25, 0.3) is 5.56 Å². The van der Waals surface area contributed by atoms with Crippen LogP contribution in [0.1, 0.15) is 46.8 Å². The van der Waals surface area contributed by atoms with E-state index in [4.69, 9.17) is 16.7 Å². The van der Waals surface area contributed by atoms with E-state index in [-0.39, 0.29) is 17.7 Å². The number of hydrogen-bond acceptors (Lipinski definition) is 4. The summed E-state index contributed by atoms with van der Waals surface area (Å²) in [5.41, 5.74) is 3.83. The lowest BCUT2D eigenvalue weighted by Gasteiger charge is -2.25. The molecule has 0 unspecified atom stereocenters. The van der Waals surface area contributed by atoms with Crippen LogP contribution in [0.3, 0.4) is 0 Å². The summed E-state index contributed by atoms with van der Waals surface area (Å²) in [5.74, 6) is -7.75. The Morgan fingerprint density at radius 3 is 2.30 bits per heavy atom. The highest BCUT2D eigenvalue weighted by atomic mass is 35.5. The minimum absolute atomic E-state index is 0.0237. The molecular weight excluding hydrogens is 504 g/mol. The van der Waals surface area contributed by atoms with E-state index in [1.807, 2.05) is 13.8 Å². The standard InChI is InChI=1S/C27H24ClF2N3O4/c1-14-4-6-17(7-5-14)21-12-20(32-33(21)26(37)27(29,30)13-22(34)35)24-23(15(2)16(3)31-25(24)36)18-8-10-19(28)11-9-18/h4-11,21H,12-13H2,1-3H3,(H,31,36)(H,34,35)/t21-/m1/s1. The maximum absolute atomic E-state index is 14.7. The molecule has 4 rings (SSSR count). The first kappa shape index (κ1) is 26.2. The van der Waals surface area contributed by atoms with Crippen LogP contribution in [0.25, 0.3) is 11.1 Å². The number of pyridine rings is 1. The number of nitrogens with zero attached hydrogens (tertiary/aromatic N) is 2. The van der Waals surface area contributed by atoms with Crippen LogP contribution in [0.5, 0.6) is 0 Å². The van der Waals surface area contributed by atoms with Gasteiger partial charge < -0.3 is 10.1 Å². The van der Waals surface area contributed by atoms with Crippen LogP contribution in [-0.2, 0) is 9.59 Å². The van der Waals surface area contributed by atoms with Gasteiger partial charge in [-0.05, 0) is 49.6 Å². The molecule has 1 atom stereocenters. The van der Waals surface area contributed by atoms with Crippen molar-refractivity contribution in [3.8, 4) is 11.1 Å². The van der Waals surface area contributed by atoms with Gasteiger partial charge in [0.1, 0.15) is 6.42 Å². The van der Waals surface area contributed by atoms with Gasteiger partial charge in [0, 0.05) is 22.7 Å². The molecule has 2 N–H and O–H groups in total. The Labute approximate surface area is 216 Å². The fourth-order valence-electron chi connectivity index (χ4n) is 4.40. The molecule has 1 aliphatic heterocycles. The number of halogens is 3. The molecule has 0 saturated heterocycles. The summed E-state index contributed by atoms with van der Waals surface area (Å²) in [6.45, 7) is 5.42. The highest BCUT2D eigenvalue weighted by molar-refractivity contribution is 6.30. The van der Waals surface area contributed by atoms with Gasteiger partial charge in [0.05, 0.1) is 17.3 Å². The smallest absolute Gasteiger partial charge is 0.337 e. The van der Waals surface area contributed by atoms with Crippen molar-refractivity contribution in [3.63, 3.8) is 0 Å². The summed E-state index contributed by atoms with van der Waals surface area (Å²) in [6, 6.07) is 12.8. The molecule has 0 aliphatic carbocycles. The minimum atomic E-state index is -4.19. The second kappa shape index (κ2) is 9.89. The molecule has 1 aromatic heterocycles. The maximum Gasteiger partial charge on any atom is 0.337 e. The van der Waals surface area contributed by atoms with Gasteiger partial charge in [-0.15, -0.1) is 0 Å². The number of nitrogens with one attached hydrogen (secondary N) is 1. The molecule has 0 spiro atoms. The van der Waals surface area contributed by atoms with E-state index < -0.39 is 35.8 Å². The van der Waals surface area contributed by atoms with Crippen LogP contribution in [-0.4, -0.2) is 38.6 Å². The summed E-state index contributed by atoms with van der Waals surface area (Å²) in [7, 11) is 0. The number of hydrazone groups is 1. The van der Waals surface area contributed by atoms with Crippen molar-refractivity contribution in [3.05, 3.63) is 91.9 Å². The Bertz CT molecular complexity index is 1460. The number of amides is 1. The maximum atomic E-state index is 14.7. The van der Waals surface area contributed by atoms with Crippen LogP contribution in [0.4, 0.5) is 8.78 Å². The summed E-state index contributed by atoms with van der Waals surface area (Å²) >= 11 is 6.05. The number of aryl methyl sites for hydroxylation is 2. The van der Waals surface area contributed by atoms with Crippen molar-refractivity contribution in [2.75, 3.05) is 0 Å². The third-order valence-electron chi connectivity index (χ3n) is 6.40. The molecule has 2 heterocycles. The van der Waals surface area contributed by atoms with Crippen LogP contribution < -0.4 is 5.56 Å². The summed E-state index contributed by atoms with van der Waals surface area (Å²) in [4.78, 5) is 40.0. The van der Waals surface area contributed by atoms with Crippen molar-refractivity contribution in [2.24, 2.45) is 5.10 Å². The van der Waals surface area contributed by atoms with Gasteiger partial charge in [0.15, 0.2) is 0 Å². The largest absolute Gasteiger partial charge is 0.481 e. The Balaban J connectivity index is 1.90. The normalized spacial score (nSPS) is 15.6. The van der Waals surface area contributed by atoms with Crippen molar-refractivity contribution in [1.29, 1.82) is 0 Å². The monoisotopic (exact) mass is 527 g/mol. The second-order valence-corrected chi connectivity index (χ2v) is 9.50. The van der Waals surface area contributed by atoms with Crippen molar-refractivity contribution >= 4 is 29.2 Å². The first-order valence-electron chi connectivity index (χ1n) is 11.5. The van der Waals surface area contributed by atoms with Crippen LogP contribution in [0.15, 0.2) is 58.4 Å². The SMILES string of the molecule is Cc1ccc([C@H]2CC(c3c(-c4ccc(Cl)cc4)c(C)c(C)[nH]c3=O)=NN2C(=O)C(F)(F)CC(=O)O)cc1. The summed E-state index contributed by atoms with van der Waals surface area (Å²) in [6.07, 6.45) is -1.70. The number of aromatic nitrogens is 1. The molecular formula is C27H24ClF2N3O4. The molecule has 0 bridgehead atoms. The number of rotatable bonds is 6. The lowest BCUT2D eigenvalue weighted by atomic mass is 9.90. The summed E-state index contributed by atoms with van der Waals surface area (Å²) < 4.78 is 29.3. The molecule has 1 amide bonds. The Morgan fingerprint density at radius 1 is 1.08 bits per heavy atom. The number of H-pyrrole nitrogens is 1. The zero-order chi connectivity index (χ0) is 27.1. The average Bonchev–Trinajstić information content (AvgIpc) is 3.25. The predicted molar refractivity (Wildman–Crippen MR) is 136 cm³/mol. The molecule has 0 fully saturated rings. The molecule has 10 heteroatoms. The van der Waals surface area contributed by atoms with E-state index in [1.54, 1.807) is 55.5 Å². The number of aromatic amines is 1. The zero-order valence-electron chi connectivity index (χ0n) is 20.3. The number of aliphatic carboxylic acids is 1. The average molecular weight is 528 g/mol. The first-order valence-corrected chi connectivity index (χ1v) is 11.8. The second-order valence-electron chi connectivity index (χ2n) is 9.06. The number of alkyl halides is 2. The molecule has 192 valence electrons. The molecule has 0 radical (unpaired) electrons. The molecule has 3 aromatic rings. The lowest BCUT2D eigenvalue weighted by molar-refractivity contribution is -0.167. The molecule has 37 heavy (non-hydrogen) atoms. The Kier molecular flexibility index (Phi) is 7.01. The number of carboxylic acids is 1. The van der Waals surface area contributed by atoms with E-state index >= 15 is 0 Å². The number of carbonyl (C=O) groups is 2. The third-order valence-corrected chi connectivity index (χ3v) is 6.66. The van der Waals surface area contributed by atoms with Gasteiger partial charge in [-0.3, -0.25) is 14.4 Å². The van der Waals surface area contributed by atoms with Gasteiger partial charge in [-0.1, -0.05) is 53.6 Å². The zero-order valence-corrected chi connectivity index (χ0v) is 21.1.